The Kier molecular flexibility index (Phi) is 6.38. The first kappa shape index (κ1) is 29.8. The molecule has 2 heterocycles. The molecular weight excluding hydrogens is 647 g/mol. The van der Waals surface area contributed by atoms with Gasteiger partial charge in [-0.2, -0.15) is 0 Å². The number of para-hydroxylation sites is 1. The molecule has 0 fully saturated rings. The molecule has 2 aromatic heterocycles. The van der Waals surface area contributed by atoms with Gasteiger partial charge in [0.05, 0.1) is 0 Å². The lowest BCUT2D eigenvalue weighted by Gasteiger charge is -2.28. The Hall–Kier alpha value is -6.84. The van der Waals surface area contributed by atoms with E-state index in [1.807, 2.05) is 12.1 Å². The normalized spacial score (nSPS) is 13.2. The summed E-state index contributed by atoms with van der Waals surface area (Å²) in [5, 5.41) is 4.43. The molecule has 0 aliphatic heterocycles. The van der Waals surface area contributed by atoms with Crippen molar-refractivity contribution in [3.05, 3.63) is 199 Å². The van der Waals surface area contributed by atoms with Crippen molar-refractivity contribution < 1.29 is 8.83 Å². The van der Waals surface area contributed by atoms with Crippen molar-refractivity contribution in [3.8, 4) is 22.3 Å². The first-order chi connectivity index (χ1) is 26.1. The van der Waals surface area contributed by atoms with Crippen LogP contribution in [0.3, 0.4) is 0 Å². The molecule has 0 N–H and O–H groups in total. The topological polar surface area (TPSA) is 29.5 Å². The maximum atomic E-state index is 6.78. The Labute approximate surface area is 307 Å². The number of hydrogen-bond donors (Lipinski definition) is 0. The molecule has 0 spiro atoms. The summed E-state index contributed by atoms with van der Waals surface area (Å²) in [6.45, 7) is 2.35. The van der Waals surface area contributed by atoms with Gasteiger partial charge in [-0.25, -0.2) is 0 Å². The number of hydrogen-bond acceptors (Lipinski definition) is 3. The fourth-order valence-corrected chi connectivity index (χ4v) is 8.71. The molecule has 8 aromatic carbocycles. The molecule has 0 saturated carbocycles. The standard InChI is InChI=1S/C50H33NO2/c1-50(44-16-8-5-13-38(44)39-14-6-9-17-45(39)50)34-21-26-41-43-28-25-37(31-49(43)53-47(41)29-34)51(35-22-19-33(20-23-35)32-11-3-2-4-12-32)36-24-27-42-40-15-7-10-18-46(40)52-48(42)30-36/h2-31H,1H3. The number of nitrogens with zero attached hydrogens (tertiary/aromatic N) is 1. The van der Waals surface area contributed by atoms with E-state index >= 15 is 0 Å². The summed E-state index contributed by atoms with van der Waals surface area (Å²) in [4.78, 5) is 2.28. The Morgan fingerprint density at radius 1 is 0.377 bits per heavy atom. The second kappa shape index (κ2) is 11.3. The first-order valence-electron chi connectivity index (χ1n) is 18.2. The van der Waals surface area contributed by atoms with Gasteiger partial charge < -0.3 is 13.7 Å². The van der Waals surface area contributed by atoms with E-state index in [2.05, 4.69) is 182 Å². The monoisotopic (exact) mass is 679 g/mol. The van der Waals surface area contributed by atoms with Gasteiger partial charge in [-0.05, 0) is 94.4 Å². The molecule has 3 heteroatoms. The Balaban J connectivity index is 1.05. The third-order valence-corrected chi connectivity index (χ3v) is 11.4. The molecule has 0 bridgehead atoms. The van der Waals surface area contributed by atoms with Gasteiger partial charge >= 0.3 is 0 Å². The van der Waals surface area contributed by atoms with Gasteiger partial charge in [0.1, 0.15) is 22.3 Å². The SMILES string of the molecule is CC1(c2ccc3c(c2)oc2cc(N(c4ccc(-c5ccccc5)cc4)c4ccc5c(c4)oc4ccccc45)ccc23)c2ccccc2-c2ccccc21. The summed E-state index contributed by atoms with van der Waals surface area (Å²) in [6, 6.07) is 64.9. The van der Waals surface area contributed by atoms with E-state index < -0.39 is 0 Å². The Morgan fingerprint density at radius 3 is 1.51 bits per heavy atom. The summed E-state index contributed by atoms with van der Waals surface area (Å²) in [5.74, 6) is 0. The van der Waals surface area contributed by atoms with Crippen LogP contribution in [0.1, 0.15) is 23.6 Å². The lowest BCUT2D eigenvalue weighted by molar-refractivity contribution is 0.662. The minimum absolute atomic E-state index is 0.288. The second-order valence-electron chi connectivity index (χ2n) is 14.2. The summed E-state index contributed by atoms with van der Waals surface area (Å²) in [7, 11) is 0. The van der Waals surface area contributed by atoms with Crippen LogP contribution in [-0.4, -0.2) is 0 Å². The number of rotatable bonds is 5. The third-order valence-electron chi connectivity index (χ3n) is 11.4. The molecule has 0 saturated heterocycles. The maximum Gasteiger partial charge on any atom is 0.137 e. The number of benzene rings is 8. The van der Waals surface area contributed by atoms with Crippen molar-refractivity contribution in [1.82, 2.24) is 0 Å². The van der Waals surface area contributed by atoms with Gasteiger partial charge in [-0.15, -0.1) is 0 Å². The Morgan fingerprint density at radius 2 is 0.849 bits per heavy atom. The zero-order chi connectivity index (χ0) is 35.1. The average Bonchev–Trinajstić information content (AvgIpc) is 3.86. The van der Waals surface area contributed by atoms with Crippen molar-refractivity contribution >= 4 is 60.9 Å². The van der Waals surface area contributed by atoms with Crippen LogP contribution in [0, 0.1) is 0 Å². The van der Waals surface area contributed by atoms with Gasteiger partial charge in [0.2, 0.25) is 0 Å². The van der Waals surface area contributed by atoms with Gasteiger partial charge in [-0.1, -0.05) is 121 Å². The molecular formula is C50H33NO2. The van der Waals surface area contributed by atoms with Crippen molar-refractivity contribution in [2.45, 2.75) is 12.3 Å². The molecule has 0 radical (unpaired) electrons. The Bertz CT molecular complexity index is 2980. The molecule has 3 nitrogen and oxygen atoms in total. The fraction of sp³-hybridized carbons (Fsp3) is 0.0400. The molecule has 0 amide bonds. The van der Waals surface area contributed by atoms with Crippen molar-refractivity contribution in [1.29, 1.82) is 0 Å². The van der Waals surface area contributed by atoms with Crippen LogP contribution >= 0.6 is 0 Å². The predicted octanol–water partition coefficient (Wildman–Crippen LogP) is 14.0. The quantitative estimate of drug-likeness (QED) is 0.181. The molecule has 11 rings (SSSR count). The van der Waals surface area contributed by atoms with Crippen LogP contribution in [0.25, 0.3) is 66.1 Å². The highest BCUT2D eigenvalue weighted by molar-refractivity contribution is 6.08. The largest absolute Gasteiger partial charge is 0.456 e. The third kappa shape index (κ3) is 4.47. The molecule has 250 valence electrons. The zero-order valence-corrected chi connectivity index (χ0v) is 29.1. The van der Waals surface area contributed by atoms with Crippen LogP contribution in [0.4, 0.5) is 17.1 Å². The fourth-order valence-electron chi connectivity index (χ4n) is 8.71. The summed E-state index contributed by atoms with van der Waals surface area (Å²) < 4.78 is 13.1. The van der Waals surface area contributed by atoms with Crippen LogP contribution in [0.2, 0.25) is 0 Å². The maximum absolute atomic E-state index is 6.78. The van der Waals surface area contributed by atoms with Gasteiger partial charge in [0, 0.05) is 56.2 Å². The smallest absolute Gasteiger partial charge is 0.137 e. The van der Waals surface area contributed by atoms with E-state index in [4.69, 9.17) is 8.83 Å². The van der Waals surface area contributed by atoms with Crippen molar-refractivity contribution in [3.63, 3.8) is 0 Å². The van der Waals surface area contributed by atoms with E-state index in [1.165, 1.54) is 38.9 Å². The molecule has 0 atom stereocenters. The molecule has 53 heavy (non-hydrogen) atoms. The van der Waals surface area contributed by atoms with Gasteiger partial charge in [0.15, 0.2) is 0 Å². The van der Waals surface area contributed by atoms with E-state index in [-0.39, 0.29) is 5.41 Å². The van der Waals surface area contributed by atoms with Gasteiger partial charge in [-0.3, -0.25) is 0 Å². The first-order valence-corrected chi connectivity index (χ1v) is 18.2. The zero-order valence-electron chi connectivity index (χ0n) is 29.1. The lowest BCUT2D eigenvalue weighted by atomic mass is 9.74. The van der Waals surface area contributed by atoms with E-state index in [0.29, 0.717) is 0 Å². The molecule has 1 aliphatic rings. The number of furan rings is 2. The summed E-state index contributed by atoms with van der Waals surface area (Å²) >= 11 is 0. The van der Waals surface area contributed by atoms with Crippen LogP contribution in [-0.2, 0) is 5.41 Å². The van der Waals surface area contributed by atoms with E-state index in [1.54, 1.807) is 0 Å². The second-order valence-corrected chi connectivity index (χ2v) is 14.2. The summed E-state index contributed by atoms with van der Waals surface area (Å²) in [6.07, 6.45) is 0. The predicted molar refractivity (Wildman–Crippen MR) is 219 cm³/mol. The van der Waals surface area contributed by atoms with Crippen LogP contribution in [0.5, 0.6) is 0 Å². The van der Waals surface area contributed by atoms with E-state index in [9.17, 15) is 0 Å². The molecule has 0 unspecified atom stereocenters. The highest BCUT2D eigenvalue weighted by atomic mass is 16.3. The highest BCUT2D eigenvalue weighted by Gasteiger charge is 2.40. The van der Waals surface area contributed by atoms with Crippen LogP contribution in [0.15, 0.2) is 191 Å². The molecule has 1 aliphatic carbocycles. The summed E-state index contributed by atoms with van der Waals surface area (Å²) in [5.41, 5.74) is 15.1. The average molecular weight is 680 g/mol. The van der Waals surface area contributed by atoms with Gasteiger partial charge in [0.25, 0.3) is 0 Å². The van der Waals surface area contributed by atoms with Crippen molar-refractivity contribution in [2.75, 3.05) is 4.90 Å². The number of fused-ring (bicyclic) bond motifs is 9. The van der Waals surface area contributed by atoms with Crippen molar-refractivity contribution in [2.24, 2.45) is 0 Å². The minimum Gasteiger partial charge on any atom is -0.456 e. The molecule has 10 aromatic rings. The van der Waals surface area contributed by atoms with E-state index in [0.717, 1.165) is 60.9 Å². The highest BCUT2D eigenvalue weighted by Crippen LogP contribution is 2.53. The number of anilines is 3. The van der Waals surface area contributed by atoms with Crippen LogP contribution < -0.4 is 4.90 Å². The lowest BCUT2D eigenvalue weighted by Crippen LogP contribution is -2.22. The minimum atomic E-state index is -0.288.